The van der Waals surface area contributed by atoms with E-state index in [4.69, 9.17) is 10.5 Å². The summed E-state index contributed by atoms with van der Waals surface area (Å²) >= 11 is 0. The van der Waals surface area contributed by atoms with Gasteiger partial charge in [0.25, 0.3) is 0 Å². The van der Waals surface area contributed by atoms with Crippen molar-refractivity contribution in [2.45, 2.75) is 24.9 Å². The Morgan fingerprint density at radius 2 is 1.64 bits per heavy atom. The smallest absolute Gasteiger partial charge is 0.118 e. The van der Waals surface area contributed by atoms with Crippen LogP contribution >= 0.6 is 0 Å². The molecule has 0 spiro atoms. The van der Waals surface area contributed by atoms with E-state index in [1.807, 2.05) is 18.2 Å². The maximum atomic E-state index is 6.90. The number of rotatable bonds is 6. The summed E-state index contributed by atoms with van der Waals surface area (Å²) in [5.41, 5.74) is 8.80. The molecule has 0 amide bonds. The van der Waals surface area contributed by atoms with Crippen molar-refractivity contribution in [3.63, 3.8) is 0 Å². The molecule has 0 aliphatic heterocycles. The third-order valence-electron chi connectivity index (χ3n) is 4.33. The number of hydrogen-bond acceptors (Lipinski definition) is 3. The zero-order valence-electron chi connectivity index (χ0n) is 13.9. The standard InChI is InChI=1S/C19H26N2O/c1-5-19(20,16-11-13-17(22-4)14-12-16)18(21(2)3)15-9-7-6-8-10-15/h6-14,18H,5,20H2,1-4H3. The van der Waals surface area contributed by atoms with Crippen LogP contribution in [0.2, 0.25) is 0 Å². The van der Waals surface area contributed by atoms with E-state index in [2.05, 4.69) is 62.3 Å². The van der Waals surface area contributed by atoms with E-state index in [0.29, 0.717) is 0 Å². The molecule has 0 bridgehead atoms. The van der Waals surface area contributed by atoms with Crippen molar-refractivity contribution >= 4 is 0 Å². The minimum atomic E-state index is -0.461. The normalized spacial score (nSPS) is 15.4. The molecule has 0 aliphatic rings. The van der Waals surface area contributed by atoms with E-state index in [1.54, 1.807) is 7.11 Å². The van der Waals surface area contributed by atoms with E-state index < -0.39 is 5.54 Å². The van der Waals surface area contributed by atoms with Crippen LogP contribution in [0.15, 0.2) is 54.6 Å². The highest BCUT2D eigenvalue weighted by Crippen LogP contribution is 2.39. The fourth-order valence-electron chi connectivity index (χ4n) is 3.15. The van der Waals surface area contributed by atoms with Gasteiger partial charge in [0.05, 0.1) is 18.7 Å². The van der Waals surface area contributed by atoms with Gasteiger partial charge in [-0.25, -0.2) is 0 Å². The Bertz CT molecular complexity index is 580. The zero-order valence-corrected chi connectivity index (χ0v) is 13.9. The van der Waals surface area contributed by atoms with Gasteiger partial charge in [0.1, 0.15) is 5.75 Å². The van der Waals surface area contributed by atoms with E-state index in [-0.39, 0.29) is 6.04 Å². The number of methoxy groups -OCH3 is 1. The summed E-state index contributed by atoms with van der Waals surface area (Å²) in [4.78, 5) is 2.20. The number of nitrogens with zero attached hydrogens (tertiary/aromatic N) is 1. The minimum Gasteiger partial charge on any atom is -0.497 e. The Labute approximate surface area is 133 Å². The van der Waals surface area contributed by atoms with Gasteiger partial charge in [0, 0.05) is 0 Å². The molecule has 0 fully saturated rings. The molecule has 0 saturated carbocycles. The van der Waals surface area contributed by atoms with E-state index in [9.17, 15) is 0 Å². The molecule has 2 aromatic carbocycles. The molecule has 0 aromatic heterocycles. The minimum absolute atomic E-state index is 0.104. The van der Waals surface area contributed by atoms with Gasteiger partial charge in [-0.2, -0.15) is 0 Å². The molecule has 3 nitrogen and oxygen atoms in total. The lowest BCUT2D eigenvalue weighted by molar-refractivity contribution is 0.171. The number of likely N-dealkylation sites (N-methyl/N-ethyl adjacent to an activating group) is 1. The predicted octanol–water partition coefficient (Wildman–Crippen LogP) is 3.56. The van der Waals surface area contributed by atoms with E-state index >= 15 is 0 Å². The molecule has 118 valence electrons. The predicted molar refractivity (Wildman–Crippen MR) is 92.0 cm³/mol. The lowest BCUT2D eigenvalue weighted by Crippen LogP contribution is -2.48. The van der Waals surface area contributed by atoms with Crippen LogP contribution in [0.25, 0.3) is 0 Å². The SMILES string of the molecule is CCC(N)(c1ccc(OC)cc1)C(c1ccccc1)N(C)C. The first-order chi connectivity index (χ1) is 10.5. The Morgan fingerprint density at radius 1 is 1.05 bits per heavy atom. The van der Waals surface area contributed by atoms with Crippen molar-refractivity contribution in [1.82, 2.24) is 4.90 Å². The first kappa shape index (κ1) is 16.5. The van der Waals surface area contributed by atoms with Gasteiger partial charge in [0.2, 0.25) is 0 Å². The zero-order chi connectivity index (χ0) is 16.2. The van der Waals surface area contributed by atoms with Crippen LogP contribution in [0.5, 0.6) is 5.75 Å². The molecule has 2 unspecified atom stereocenters. The summed E-state index contributed by atoms with van der Waals surface area (Å²) in [6, 6.07) is 18.7. The van der Waals surface area contributed by atoms with Crippen molar-refractivity contribution in [2.24, 2.45) is 5.73 Å². The molecule has 3 heteroatoms. The maximum absolute atomic E-state index is 6.90. The van der Waals surface area contributed by atoms with Crippen LogP contribution in [0.3, 0.4) is 0 Å². The van der Waals surface area contributed by atoms with Gasteiger partial charge >= 0.3 is 0 Å². The molecule has 0 radical (unpaired) electrons. The number of ether oxygens (including phenoxy) is 1. The molecular formula is C19H26N2O. The van der Waals surface area contributed by atoms with Crippen LogP contribution in [-0.4, -0.2) is 26.1 Å². The fourth-order valence-corrected chi connectivity index (χ4v) is 3.15. The summed E-state index contributed by atoms with van der Waals surface area (Å²) in [6.07, 6.45) is 0.844. The Morgan fingerprint density at radius 3 is 2.09 bits per heavy atom. The Hall–Kier alpha value is -1.84. The van der Waals surface area contributed by atoms with Crippen molar-refractivity contribution in [3.8, 4) is 5.75 Å². The first-order valence-corrected chi connectivity index (χ1v) is 7.67. The van der Waals surface area contributed by atoms with Gasteiger partial charge in [0.15, 0.2) is 0 Å². The third-order valence-corrected chi connectivity index (χ3v) is 4.33. The van der Waals surface area contributed by atoms with Crippen LogP contribution in [0.1, 0.15) is 30.5 Å². The number of hydrogen-bond donors (Lipinski definition) is 1. The lowest BCUT2D eigenvalue weighted by Gasteiger charge is -2.41. The van der Waals surface area contributed by atoms with E-state index in [1.165, 1.54) is 5.56 Å². The monoisotopic (exact) mass is 298 g/mol. The first-order valence-electron chi connectivity index (χ1n) is 7.67. The van der Waals surface area contributed by atoms with E-state index in [0.717, 1.165) is 17.7 Å². The van der Waals surface area contributed by atoms with Crippen molar-refractivity contribution in [2.75, 3.05) is 21.2 Å². The second kappa shape index (κ2) is 6.95. The molecule has 0 saturated heterocycles. The highest BCUT2D eigenvalue weighted by Gasteiger charge is 2.37. The second-order valence-electron chi connectivity index (χ2n) is 5.90. The van der Waals surface area contributed by atoms with Crippen LogP contribution in [-0.2, 0) is 5.54 Å². The maximum Gasteiger partial charge on any atom is 0.118 e. The third kappa shape index (κ3) is 3.16. The Kier molecular flexibility index (Phi) is 5.22. The lowest BCUT2D eigenvalue weighted by atomic mass is 9.77. The van der Waals surface area contributed by atoms with Gasteiger partial charge in [-0.15, -0.1) is 0 Å². The molecule has 0 aliphatic carbocycles. The average molecular weight is 298 g/mol. The van der Waals surface area contributed by atoms with Crippen molar-refractivity contribution in [3.05, 3.63) is 65.7 Å². The molecule has 2 aromatic rings. The molecular weight excluding hydrogens is 272 g/mol. The van der Waals surface area contributed by atoms with Gasteiger partial charge in [-0.05, 0) is 43.8 Å². The topological polar surface area (TPSA) is 38.5 Å². The quantitative estimate of drug-likeness (QED) is 0.886. The summed E-state index contributed by atoms with van der Waals surface area (Å²) in [7, 11) is 5.84. The van der Waals surface area contributed by atoms with Crippen LogP contribution in [0.4, 0.5) is 0 Å². The number of nitrogens with two attached hydrogens (primary N) is 1. The van der Waals surface area contributed by atoms with Crippen molar-refractivity contribution in [1.29, 1.82) is 0 Å². The van der Waals surface area contributed by atoms with Crippen LogP contribution in [0, 0.1) is 0 Å². The summed E-state index contributed by atoms with van der Waals surface area (Å²) in [6.45, 7) is 2.14. The molecule has 2 rings (SSSR count). The van der Waals surface area contributed by atoms with Crippen molar-refractivity contribution < 1.29 is 4.74 Å². The average Bonchev–Trinajstić information content (AvgIpc) is 2.55. The molecule has 2 atom stereocenters. The van der Waals surface area contributed by atoms with Gasteiger partial charge in [-0.1, -0.05) is 49.4 Å². The molecule has 2 N–H and O–H groups in total. The summed E-state index contributed by atoms with van der Waals surface area (Å²) in [5.74, 6) is 0.850. The second-order valence-corrected chi connectivity index (χ2v) is 5.90. The Balaban J connectivity index is 2.48. The van der Waals surface area contributed by atoms with Gasteiger partial charge in [-0.3, -0.25) is 0 Å². The highest BCUT2D eigenvalue weighted by atomic mass is 16.5. The highest BCUT2D eigenvalue weighted by molar-refractivity contribution is 5.36. The summed E-state index contributed by atoms with van der Waals surface area (Å²) in [5, 5.41) is 0. The summed E-state index contributed by atoms with van der Waals surface area (Å²) < 4.78 is 5.26. The largest absolute Gasteiger partial charge is 0.497 e. The molecule has 0 heterocycles. The van der Waals surface area contributed by atoms with Crippen LogP contribution < -0.4 is 10.5 Å². The van der Waals surface area contributed by atoms with Gasteiger partial charge < -0.3 is 15.4 Å². The fraction of sp³-hybridized carbons (Fsp3) is 0.368. The molecule has 22 heavy (non-hydrogen) atoms. The number of benzene rings is 2.